The summed E-state index contributed by atoms with van der Waals surface area (Å²) in [5.41, 5.74) is -0.980. The number of alkyl carbamates (subject to hydrolysis) is 1. The highest BCUT2D eigenvalue weighted by molar-refractivity contribution is 5.89. The van der Waals surface area contributed by atoms with Crippen molar-refractivity contribution in [3.8, 4) is 0 Å². The third kappa shape index (κ3) is 8.57. The monoisotopic (exact) mass is 378 g/mol. The van der Waals surface area contributed by atoms with Crippen molar-refractivity contribution in [2.45, 2.75) is 71.1 Å². The molecule has 1 atom stereocenters. The molecule has 3 N–H and O–H groups in total. The third-order valence-corrected chi connectivity index (χ3v) is 3.77. The molecule has 0 radical (unpaired) electrons. The normalized spacial score (nSPS) is 12.8. The van der Waals surface area contributed by atoms with Crippen LogP contribution in [0.15, 0.2) is 30.3 Å². The predicted molar refractivity (Wildman–Crippen MR) is 102 cm³/mol. The molecule has 0 aromatic heterocycles. The number of ether oxygens (including phenoxy) is 1. The molecule has 0 heterocycles. The van der Waals surface area contributed by atoms with Gasteiger partial charge in [0.1, 0.15) is 11.1 Å². The number of carboxylic acid groups (broad SMARTS) is 1. The Bertz CT molecular complexity index is 650. The van der Waals surface area contributed by atoms with Gasteiger partial charge in [0.05, 0.1) is 6.04 Å². The minimum Gasteiger partial charge on any atom is -0.481 e. The fraction of sp³-hybridized carbons (Fsp3) is 0.550. The Morgan fingerprint density at radius 2 is 1.67 bits per heavy atom. The zero-order valence-electron chi connectivity index (χ0n) is 16.7. The lowest BCUT2D eigenvalue weighted by atomic mass is 9.98. The van der Waals surface area contributed by atoms with E-state index in [1.54, 1.807) is 34.6 Å². The van der Waals surface area contributed by atoms with Crippen LogP contribution in [0.5, 0.6) is 0 Å². The van der Waals surface area contributed by atoms with Gasteiger partial charge < -0.3 is 20.5 Å². The molecule has 1 aromatic carbocycles. The predicted octanol–water partition coefficient (Wildman–Crippen LogP) is 3.40. The number of carbonyl (C=O) groups excluding carboxylic acids is 2. The quantitative estimate of drug-likeness (QED) is 0.643. The Morgan fingerprint density at radius 1 is 1.07 bits per heavy atom. The molecular formula is C20H30N2O5. The summed E-state index contributed by atoms with van der Waals surface area (Å²) in [6.45, 7) is 8.41. The van der Waals surface area contributed by atoms with E-state index in [9.17, 15) is 14.4 Å². The highest BCUT2D eigenvalue weighted by Crippen LogP contribution is 2.21. The van der Waals surface area contributed by atoms with Crippen LogP contribution in [0.1, 0.15) is 65.5 Å². The number of amides is 2. The second kappa shape index (κ2) is 9.39. The molecule has 0 fully saturated rings. The van der Waals surface area contributed by atoms with Crippen molar-refractivity contribution in [1.82, 2.24) is 10.6 Å². The fourth-order valence-electron chi connectivity index (χ4n) is 2.42. The van der Waals surface area contributed by atoms with E-state index >= 15 is 0 Å². The molecule has 0 spiro atoms. The lowest BCUT2D eigenvalue weighted by Crippen LogP contribution is -2.56. The minimum atomic E-state index is -1.19. The van der Waals surface area contributed by atoms with Gasteiger partial charge in [0.2, 0.25) is 5.91 Å². The van der Waals surface area contributed by atoms with Crippen LogP contribution in [0, 0.1) is 0 Å². The van der Waals surface area contributed by atoms with Crippen LogP contribution >= 0.6 is 0 Å². The molecule has 0 aliphatic rings. The van der Waals surface area contributed by atoms with E-state index in [-0.39, 0.29) is 18.4 Å². The number of carboxylic acids is 1. The van der Waals surface area contributed by atoms with Crippen molar-refractivity contribution < 1.29 is 24.2 Å². The van der Waals surface area contributed by atoms with E-state index in [1.807, 2.05) is 30.3 Å². The van der Waals surface area contributed by atoms with E-state index in [2.05, 4.69) is 10.6 Å². The molecule has 7 heteroatoms. The van der Waals surface area contributed by atoms with E-state index in [0.29, 0.717) is 12.8 Å². The molecule has 0 bridgehead atoms. The zero-order chi connectivity index (χ0) is 20.7. The van der Waals surface area contributed by atoms with Gasteiger partial charge in [-0.1, -0.05) is 30.3 Å². The van der Waals surface area contributed by atoms with E-state index < -0.39 is 23.2 Å². The van der Waals surface area contributed by atoms with Crippen LogP contribution in [0.25, 0.3) is 0 Å². The molecule has 7 nitrogen and oxygen atoms in total. The van der Waals surface area contributed by atoms with Gasteiger partial charge in [-0.3, -0.25) is 9.59 Å². The Hall–Kier alpha value is -2.57. The molecule has 27 heavy (non-hydrogen) atoms. The Labute approximate surface area is 160 Å². The molecule has 0 aliphatic heterocycles. The molecule has 1 unspecified atom stereocenters. The summed E-state index contributed by atoms with van der Waals surface area (Å²) in [5.74, 6) is -1.25. The number of carbonyl (C=O) groups is 3. The summed E-state index contributed by atoms with van der Waals surface area (Å²) in [4.78, 5) is 35.5. The Kier molecular flexibility index (Phi) is 7.82. The van der Waals surface area contributed by atoms with Crippen molar-refractivity contribution in [2.24, 2.45) is 0 Å². The molecule has 2 amide bonds. The van der Waals surface area contributed by atoms with Gasteiger partial charge in [-0.2, -0.15) is 0 Å². The van der Waals surface area contributed by atoms with Gasteiger partial charge in [0.25, 0.3) is 0 Å². The van der Waals surface area contributed by atoms with Gasteiger partial charge in [0, 0.05) is 6.42 Å². The van der Waals surface area contributed by atoms with Crippen molar-refractivity contribution in [3.63, 3.8) is 0 Å². The van der Waals surface area contributed by atoms with Gasteiger partial charge in [-0.05, 0) is 53.0 Å². The second-order valence-electron chi connectivity index (χ2n) is 7.97. The first-order valence-electron chi connectivity index (χ1n) is 8.99. The average molecular weight is 378 g/mol. The van der Waals surface area contributed by atoms with Gasteiger partial charge in [0.15, 0.2) is 0 Å². The topological polar surface area (TPSA) is 105 Å². The SMILES string of the molecule is CC(C)(C)OC(=O)NC(C)(C)C(=O)NC(CCCC(=O)O)c1ccccc1. The minimum absolute atomic E-state index is 0.0265. The average Bonchev–Trinajstić information content (AvgIpc) is 2.51. The molecule has 0 saturated heterocycles. The van der Waals surface area contributed by atoms with Crippen LogP contribution in [0.4, 0.5) is 4.79 Å². The summed E-state index contributed by atoms with van der Waals surface area (Å²) >= 11 is 0. The van der Waals surface area contributed by atoms with Gasteiger partial charge >= 0.3 is 12.1 Å². The largest absolute Gasteiger partial charge is 0.481 e. The Morgan fingerprint density at radius 3 is 2.19 bits per heavy atom. The summed E-state index contributed by atoms with van der Waals surface area (Å²) in [7, 11) is 0. The van der Waals surface area contributed by atoms with Crippen LogP contribution in [-0.4, -0.2) is 34.2 Å². The lowest BCUT2D eigenvalue weighted by Gasteiger charge is -2.30. The van der Waals surface area contributed by atoms with E-state index in [1.165, 1.54) is 0 Å². The van der Waals surface area contributed by atoms with Crippen molar-refractivity contribution >= 4 is 18.0 Å². The number of hydrogen-bond acceptors (Lipinski definition) is 4. The van der Waals surface area contributed by atoms with Gasteiger partial charge in [-0.25, -0.2) is 4.79 Å². The number of hydrogen-bond donors (Lipinski definition) is 3. The maximum absolute atomic E-state index is 12.7. The highest BCUT2D eigenvalue weighted by Gasteiger charge is 2.33. The lowest BCUT2D eigenvalue weighted by molar-refractivity contribution is -0.137. The highest BCUT2D eigenvalue weighted by atomic mass is 16.6. The molecule has 1 rings (SSSR count). The molecule has 150 valence electrons. The standard InChI is InChI=1S/C20H30N2O5/c1-19(2,3)27-18(26)22-20(4,5)17(25)21-15(12-9-13-16(23)24)14-10-7-6-8-11-14/h6-8,10-11,15H,9,12-13H2,1-5H3,(H,21,25)(H,22,26)(H,23,24). The number of aliphatic carboxylic acids is 1. The van der Waals surface area contributed by atoms with E-state index in [0.717, 1.165) is 5.56 Å². The zero-order valence-corrected chi connectivity index (χ0v) is 16.7. The third-order valence-electron chi connectivity index (χ3n) is 3.77. The number of rotatable bonds is 8. The van der Waals surface area contributed by atoms with E-state index in [4.69, 9.17) is 9.84 Å². The van der Waals surface area contributed by atoms with Crippen LogP contribution in [0.3, 0.4) is 0 Å². The van der Waals surface area contributed by atoms with Crippen LogP contribution < -0.4 is 10.6 Å². The summed E-state index contributed by atoms with van der Waals surface area (Å²) in [6.07, 6.45) is 0.253. The first kappa shape index (κ1) is 22.5. The summed E-state index contributed by atoms with van der Waals surface area (Å²) in [6, 6.07) is 8.98. The summed E-state index contributed by atoms with van der Waals surface area (Å²) in [5, 5.41) is 14.3. The molecular weight excluding hydrogens is 348 g/mol. The first-order chi connectivity index (χ1) is 12.4. The number of benzene rings is 1. The van der Waals surface area contributed by atoms with Gasteiger partial charge in [-0.15, -0.1) is 0 Å². The van der Waals surface area contributed by atoms with Crippen molar-refractivity contribution in [3.05, 3.63) is 35.9 Å². The molecule has 0 saturated carbocycles. The van der Waals surface area contributed by atoms with Crippen LogP contribution in [-0.2, 0) is 14.3 Å². The fourth-order valence-corrected chi connectivity index (χ4v) is 2.42. The smallest absolute Gasteiger partial charge is 0.408 e. The Balaban J connectivity index is 2.81. The number of nitrogens with one attached hydrogen (secondary N) is 2. The first-order valence-corrected chi connectivity index (χ1v) is 8.99. The van der Waals surface area contributed by atoms with Crippen LogP contribution in [0.2, 0.25) is 0 Å². The molecule has 1 aromatic rings. The molecule has 0 aliphatic carbocycles. The van der Waals surface area contributed by atoms with Crippen molar-refractivity contribution in [1.29, 1.82) is 0 Å². The summed E-state index contributed by atoms with van der Waals surface area (Å²) < 4.78 is 5.21. The van der Waals surface area contributed by atoms with Crippen molar-refractivity contribution in [2.75, 3.05) is 0 Å². The second-order valence-corrected chi connectivity index (χ2v) is 7.97. The maximum Gasteiger partial charge on any atom is 0.408 e. The maximum atomic E-state index is 12.7.